The summed E-state index contributed by atoms with van der Waals surface area (Å²) in [7, 11) is -2.37. The van der Waals surface area contributed by atoms with Crippen molar-refractivity contribution in [3.63, 3.8) is 0 Å². The van der Waals surface area contributed by atoms with Gasteiger partial charge >= 0.3 is 0 Å². The molecule has 0 bridgehead atoms. The highest BCUT2D eigenvalue weighted by Crippen LogP contribution is 2.18. The first kappa shape index (κ1) is 19.2. The molecule has 0 atom stereocenters. The van der Waals surface area contributed by atoms with Crippen LogP contribution in [0.25, 0.3) is 0 Å². The van der Waals surface area contributed by atoms with E-state index in [2.05, 4.69) is 4.18 Å². The van der Waals surface area contributed by atoms with E-state index in [0.29, 0.717) is 5.56 Å². The van der Waals surface area contributed by atoms with Crippen molar-refractivity contribution in [3.05, 3.63) is 74.3 Å². The van der Waals surface area contributed by atoms with Crippen LogP contribution in [0.2, 0.25) is 0 Å². The molecule has 0 N–H and O–H groups in total. The van der Waals surface area contributed by atoms with Crippen LogP contribution in [-0.4, -0.2) is 25.4 Å². The van der Waals surface area contributed by atoms with E-state index in [-0.39, 0.29) is 16.3 Å². The summed E-state index contributed by atoms with van der Waals surface area (Å²) in [6, 6.07) is 11.3. The molecular weight excluding hydrogens is 340 g/mol. The van der Waals surface area contributed by atoms with Crippen molar-refractivity contribution in [2.45, 2.75) is 11.8 Å². The highest BCUT2D eigenvalue weighted by atomic mass is 32.2. The van der Waals surface area contributed by atoms with Gasteiger partial charge in [0.2, 0.25) is 0 Å². The standard InChI is InChI=1S/C8H10O3S.C6H4N2O4/c1-7-5-3-4-6-8(7)12(9,10)11-2;9-7(10)5-2-1-3-6(4-5)8(11)12/h3-6H,1-2H3;1-4H. The maximum Gasteiger partial charge on any atom is 0.296 e. The maximum atomic E-state index is 11.2. The smallest absolute Gasteiger partial charge is 0.270 e. The summed E-state index contributed by atoms with van der Waals surface area (Å²) in [5.41, 5.74) is 0.146. The predicted molar refractivity (Wildman–Crippen MR) is 85.1 cm³/mol. The van der Waals surface area contributed by atoms with Crippen LogP contribution in [0.5, 0.6) is 0 Å². The van der Waals surface area contributed by atoms with Gasteiger partial charge in [0.05, 0.1) is 27.9 Å². The van der Waals surface area contributed by atoms with Crippen molar-refractivity contribution in [1.29, 1.82) is 0 Å². The van der Waals surface area contributed by atoms with Crippen molar-refractivity contribution in [2.75, 3.05) is 7.11 Å². The zero-order valence-electron chi connectivity index (χ0n) is 12.8. The second kappa shape index (κ2) is 8.13. The first-order valence-corrected chi connectivity index (χ1v) is 7.85. The summed E-state index contributed by atoms with van der Waals surface area (Å²) in [4.78, 5) is 19.2. The Labute approximate surface area is 137 Å². The number of nitro groups is 2. The average Bonchev–Trinajstić information content (AvgIpc) is 2.55. The molecule has 128 valence electrons. The largest absolute Gasteiger partial charge is 0.296 e. The van der Waals surface area contributed by atoms with E-state index in [4.69, 9.17) is 0 Å². The molecule has 2 rings (SSSR count). The lowest BCUT2D eigenvalue weighted by molar-refractivity contribution is -0.394. The van der Waals surface area contributed by atoms with E-state index >= 15 is 0 Å². The predicted octanol–water partition coefficient (Wildman–Crippen LogP) is 2.83. The number of benzene rings is 2. The molecule has 0 saturated heterocycles. The third kappa shape index (κ3) is 5.11. The molecule has 9 nitrogen and oxygen atoms in total. The topological polar surface area (TPSA) is 130 Å². The van der Waals surface area contributed by atoms with Gasteiger partial charge in [-0.25, -0.2) is 0 Å². The van der Waals surface area contributed by atoms with E-state index in [1.54, 1.807) is 25.1 Å². The van der Waals surface area contributed by atoms with Crippen LogP contribution in [0.4, 0.5) is 11.4 Å². The van der Waals surface area contributed by atoms with E-state index in [1.165, 1.54) is 24.3 Å². The molecule has 0 spiro atoms. The fraction of sp³-hybridized carbons (Fsp3) is 0.143. The summed E-state index contributed by atoms with van der Waals surface area (Å²) in [5, 5.41) is 20.3. The SMILES string of the molecule is COS(=O)(=O)c1ccccc1C.O=[N+]([O-])c1cccc([N+](=O)[O-])c1. The number of hydrogen-bond donors (Lipinski definition) is 0. The molecule has 0 saturated carbocycles. The molecule has 0 fully saturated rings. The van der Waals surface area contributed by atoms with Gasteiger partial charge in [-0.05, 0) is 24.6 Å². The lowest BCUT2D eigenvalue weighted by atomic mass is 10.2. The van der Waals surface area contributed by atoms with Gasteiger partial charge < -0.3 is 0 Å². The van der Waals surface area contributed by atoms with Gasteiger partial charge in [0, 0.05) is 12.1 Å². The molecule has 0 amide bonds. The molecule has 2 aromatic carbocycles. The number of hydrogen-bond acceptors (Lipinski definition) is 7. The molecule has 2 aromatic rings. The zero-order valence-corrected chi connectivity index (χ0v) is 13.6. The Kier molecular flexibility index (Phi) is 6.50. The molecule has 10 heteroatoms. The lowest BCUT2D eigenvalue weighted by Gasteiger charge is -2.03. The van der Waals surface area contributed by atoms with E-state index in [1.807, 2.05) is 0 Å². The number of nitrogens with zero attached hydrogens (tertiary/aromatic N) is 2. The summed E-state index contributed by atoms with van der Waals surface area (Å²) in [6.07, 6.45) is 0. The van der Waals surface area contributed by atoms with Crippen LogP contribution >= 0.6 is 0 Å². The van der Waals surface area contributed by atoms with Crippen LogP contribution in [0.3, 0.4) is 0 Å². The minimum Gasteiger partial charge on any atom is -0.270 e. The number of rotatable bonds is 4. The van der Waals surface area contributed by atoms with Crippen molar-refractivity contribution in [3.8, 4) is 0 Å². The Morgan fingerprint density at radius 2 is 1.42 bits per heavy atom. The van der Waals surface area contributed by atoms with Crippen molar-refractivity contribution < 1.29 is 22.4 Å². The Bertz CT molecular complexity index is 820. The van der Waals surface area contributed by atoms with Gasteiger partial charge in [-0.15, -0.1) is 0 Å². The average molecular weight is 354 g/mol. The highest BCUT2D eigenvalue weighted by Gasteiger charge is 2.14. The summed E-state index contributed by atoms with van der Waals surface area (Å²) < 4.78 is 26.8. The van der Waals surface area contributed by atoms with E-state index < -0.39 is 20.0 Å². The molecule has 24 heavy (non-hydrogen) atoms. The molecule has 0 heterocycles. The summed E-state index contributed by atoms with van der Waals surface area (Å²) >= 11 is 0. The van der Waals surface area contributed by atoms with Crippen LogP contribution in [0.15, 0.2) is 53.4 Å². The van der Waals surface area contributed by atoms with Crippen LogP contribution in [-0.2, 0) is 14.3 Å². The van der Waals surface area contributed by atoms with Gasteiger partial charge in [0.25, 0.3) is 21.5 Å². The molecule has 0 aromatic heterocycles. The maximum absolute atomic E-state index is 11.2. The molecule has 0 aliphatic rings. The Balaban J connectivity index is 0.000000240. The summed E-state index contributed by atoms with van der Waals surface area (Å²) in [5.74, 6) is 0. The van der Waals surface area contributed by atoms with Crippen LogP contribution in [0, 0.1) is 27.2 Å². The quantitative estimate of drug-likeness (QED) is 0.469. The highest BCUT2D eigenvalue weighted by molar-refractivity contribution is 7.86. The second-order valence-corrected chi connectivity index (χ2v) is 6.10. The minimum atomic E-state index is -3.53. The fourth-order valence-electron chi connectivity index (χ4n) is 1.65. The third-order valence-electron chi connectivity index (χ3n) is 2.83. The number of nitro benzene ring substituents is 2. The number of non-ortho nitro benzene ring substituents is 2. The Hall–Kier alpha value is -2.85. The fourth-order valence-corrected chi connectivity index (χ4v) is 2.53. The summed E-state index contributed by atoms with van der Waals surface area (Å²) in [6.45, 7) is 1.73. The van der Waals surface area contributed by atoms with E-state index in [9.17, 15) is 28.6 Å². The zero-order chi connectivity index (χ0) is 18.3. The molecule has 0 aliphatic heterocycles. The van der Waals surface area contributed by atoms with Crippen molar-refractivity contribution in [1.82, 2.24) is 0 Å². The van der Waals surface area contributed by atoms with Crippen LogP contribution in [0.1, 0.15) is 5.56 Å². The minimum absolute atomic E-state index is 0.229. The molecule has 0 radical (unpaired) electrons. The molecular formula is C14H14N2O7S. The second-order valence-electron chi connectivity index (χ2n) is 4.42. The van der Waals surface area contributed by atoms with E-state index in [0.717, 1.165) is 13.2 Å². The third-order valence-corrected chi connectivity index (χ3v) is 4.27. The lowest BCUT2D eigenvalue weighted by Crippen LogP contribution is -2.04. The molecule has 0 unspecified atom stereocenters. The van der Waals surface area contributed by atoms with Gasteiger partial charge in [0.15, 0.2) is 0 Å². The van der Waals surface area contributed by atoms with Crippen molar-refractivity contribution in [2.24, 2.45) is 0 Å². The first-order chi connectivity index (χ1) is 11.2. The number of aryl methyl sites for hydroxylation is 1. The van der Waals surface area contributed by atoms with Crippen molar-refractivity contribution >= 4 is 21.5 Å². The van der Waals surface area contributed by atoms with Gasteiger partial charge in [-0.2, -0.15) is 8.42 Å². The normalized spacial score (nSPS) is 10.4. The van der Waals surface area contributed by atoms with Gasteiger partial charge in [-0.3, -0.25) is 24.4 Å². The van der Waals surface area contributed by atoms with Gasteiger partial charge in [0.1, 0.15) is 0 Å². The monoisotopic (exact) mass is 354 g/mol. The van der Waals surface area contributed by atoms with Gasteiger partial charge in [-0.1, -0.05) is 18.2 Å². The van der Waals surface area contributed by atoms with Crippen LogP contribution < -0.4 is 0 Å². The molecule has 0 aliphatic carbocycles. The Morgan fingerprint density at radius 3 is 1.83 bits per heavy atom. The first-order valence-electron chi connectivity index (χ1n) is 6.44. The Morgan fingerprint density at radius 1 is 0.917 bits per heavy atom.